The third kappa shape index (κ3) is 3.18. The molecule has 0 unspecified atom stereocenters. The van der Waals surface area contributed by atoms with Crippen molar-refractivity contribution in [3.05, 3.63) is 0 Å². The first-order chi connectivity index (χ1) is 7.13. The van der Waals surface area contributed by atoms with Crippen LogP contribution in [0.15, 0.2) is 0 Å². The molecular formula is C11H22N2O2. The molecule has 0 aromatic carbocycles. The van der Waals surface area contributed by atoms with Crippen LogP contribution in [0, 0.1) is 5.41 Å². The maximum atomic E-state index is 11.8. The number of hydrogen-bond donors (Lipinski definition) is 1. The second kappa shape index (κ2) is 5.47. The Kier molecular flexibility index (Phi) is 4.54. The van der Waals surface area contributed by atoms with Crippen LogP contribution >= 0.6 is 0 Å². The van der Waals surface area contributed by atoms with Crippen LogP contribution in [0.2, 0.25) is 0 Å². The van der Waals surface area contributed by atoms with E-state index in [1.165, 1.54) is 6.42 Å². The predicted molar refractivity (Wildman–Crippen MR) is 59.5 cm³/mol. The molecule has 0 heterocycles. The summed E-state index contributed by atoms with van der Waals surface area (Å²) in [6.07, 6.45) is 4.02. The first-order valence-corrected chi connectivity index (χ1v) is 5.56. The molecule has 0 aromatic rings. The van der Waals surface area contributed by atoms with Gasteiger partial charge in [0.1, 0.15) is 0 Å². The molecule has 0 spiro atoms. The highest BCUT2D eigenvalue weighted by atomic mass is 16.5. The van der Waals surface area contributed by atoms with Gasteiger partial charge in [-0.05, 0) is 24.8 Å². The number of hydrogen-bond acceptors (Lipinski definition) is 3. The van der Waals surface area contributed by atoms with Crippen LogP contribution in [0.4, 0.5) is 0 Å². The topological polar surface area (TPSA) is 55.6 Å². The molecule has 0 aromatic heterocycles. The summed E-state index contributed by atoms with van der Waals surface area (Å²) in [6, 6.07) is 0. The average Bonchev–Trinajstić information content (AvgIpc) is 2.19. The zero-order valence-corrected chi connectivity index (χ0v) is 9.79. The quantitative estimate of drug-likeness (QED) is 0.705. The van der Waals surface area contributed by atoms with Crippen molar-refractivity contribution in [2.45, 2.75) is 25.7 Å². The van der Waals surface area contributed by atoms with E-state index in [0.29, 0.717) is 26.1 Å². The summed E-state index contributed by atoms with van der Waals surface area (Å²) in [5.41, 5.74) is 5.83. The Hall–Kier alpha value is -0.610. The smallest absolute Gasteiger partial charge is 0.222 e. The maximum absolute atomic E-state index is 11.8. The fourth-order valence-electron chi connectivity index (χ4n) is 1.94. The van der Waals surface area contributed by atoms with Crippen LogP contribution in [0.3, 0.4) is 0 Å². The summed E-state index contributed by atoms with van der Waals surface area (Å²) in [7, 11) is 3.47. The van der Waals surface area contributed by atoms with E-state index in [-0.39, 0.29) is 11.3 Å². The van der Waals surface area contributed by atoms with Gasteiger partial charge in [-0.2, -0.15) is 0 Å². The highest BCUT2D eigenvalue weighted by Gasteiger charge is 2.38. The molecule has 1 saturated carbocycles. The average molecular weight is 214 g/mol. The van der Waals surface area contributed by atoms with Gasteiger partial charge in [0.25, 0.3) is 0 Å². The van der Waals surface area contributed by atoms with Crippen LogP contribution in [0.5, 0.6) is 0 Å². The van der Waals surface area contributed by atoms with Gasteiger partial charge in [-0.3, -0.25) is 4.79 Å². The van der Waals surface area contributed by atoms with E-state index in [0.717, 1.165) is 12.8 Å². The number of nitrogens with two attached hydrogens (primary N) is 1. The number of carbonyl (C=O) groups excluding carboxylic acids is 1. The van der Waals surface area contributed by atoms with Crippen molar-refractivity contribution in [2.75, 3.05) is 33.9 Å². The van der Waals surface area contributed by atoms with Gasteiger partial charge < -0.3 is 15.4 Å². The third-order valence-corrected chi connectivity index (χ3v) is 3.43. The Balaban J connectivity index is 2.33. The van der Waals surface area contributed by atoms with E-state index in [2.05, 4.69) is 0 Å². The molecule has 0 saturated heterocycles. The fraction of sp³-hybridized carbons (Fsp3) is 0.909. The number of likely N-dealkylation sites (N-methyl/N-ethyl adjacent to an activating group) is 1. The lowest BCUT2D eigenvalue weighted by Gasteiger charge is -2.41. The molecule has 2 N–H and O–H groups in total. The van der Waals surface area contributed by atoms with Crippen molar-refractivity contribution >= 4 is 5.91 Å². The molecule has 1 fully saturated rings. The van der Waals surface area contributed by atoms with Crippen LogP contribution in [-0.2, 0) is 9.53 Å². The lowest BCUT2D eigenvalue weighted by molar-refractivity contribution is -0.134. The molecular weight excluding hydrogens is 192 g/mol. The standard InChI is InChI=1S/C11H22N2O2/c1-13(6-7-15-2)10(14)8-11(9-12)4-3-5-11/h3-9,12H2,1-2H3. The van der Waals surface area contributed by atoms with Crippen molar-refractivity contribution in [1.82, 2.24) is 4.90 Å². The molecule has 0 bridgehead atoms. The second-order valence-electron chi connectivity index (χ2n) is 4.54. The van der Waals surface area contributed by atoms with Gasteiger partial charge >= 0.3 is 0 Å². The minimum Gasteiger partial charge on any atom is -0.383 e. The molecule has 88 valence electrons. The van der Waals surface area contributed by atoms with Gasteiger partial charge in [-0.1, -0.05) is 6.42 Å². The number of ether oxygens (including phenoxy) is 1. The van der Waals surface area contributed by atoms with E-state index >= 15 is 0 Å². The number of amides is 1. The summed E-state index contributed by atoms with van der Waals surface area (Å²) in [4.78, 5) is 13.6. The zero-order chi connectivity index (χ0) is 11.3. The van der Waals surface area contributed by atoms with Crippen molar-refractivity contribution in [2.24, 2.45) is 11.1 Å². The van der Waals surface area contributed by atoms with Crippen LogP contribution in [0.25, 0.3) is 0 Å². The summed E-state index contributed by atoms with van der Waals surface area (Å²) in [5, 5.41) is 0. The van der Waals surface area contributed by atoms with Crippen molar-refractivity contribution in [1.29, 1.82) is 0 Å². The van der Waals surface area contributed by atoms with Gasteiger partial charge in [0.15, 0.2) is 0 Å². The normalized spacial score (nSPS) is 18.3. The molecule has 15 heavy (non-hydrogen) atoms. The first-order valence-electron chi connectivity index (χ1n) is 5.56. The molecule has 1 aliphatic rings. The van der Waals surface area contributed by atoms with Gasteiger partial charge in [0.2, 0.25) is 5.91 Å². The van der Waals surface area contributed by atoms with Crippen LogP contribution < -0.4 is 5.73 Å². The summed E-state index contributed by atoms with van der Waals surface area (Å²) in [5.74, 6) is 0.192. The maximum Gasteiger partial charge on any atom is 0.222 e. The predicted octanol–water partition coefficient (Wildman–Crippen LogP) is 0.610. The monoisotopic (exact) mass is 214 g/mol. The molecule has 1 rings (SSSR count). The fourth-order valence-corrected chi connectivity index (χ4v) is 1.94. The Morgan fingerprint density at radius 1 is 1.53 bits per heavy atom. The Labute approximate surface area is 91.8 Å². The van der Waals surface area contributed by atoms with E-state index < -0.39 is 0 Å². The highest BCUT2D eigenvalue weighted by Crippen LogP contribution is 2.43. The summed E-state index contributed by atoms with van der Waals surface area (Å²) in [6.45, 7) is 1.89. The molecule has 1 aliphatic carbocycles. The molecule has 0 aliphatic heterocycles. The Morgan fingerprint density at radius 2 is 2.20 bits per heavy atom. The largest absolute Gasteiger partial charge is 0.383 e. The summed E-state index contributed by atoms with van der Waals surface area (Å²) >= 11 is 0. The zero-order valence-electron chi connectivity index (χ0n) is 9.79. The minimum absolute atomic E-state index is 0.110. The number of carbonyl (C=O) groups is 1. The lowest BCUT2D eigenvalue weighted by atomic mass is 9.66. The van der Waals surface area contributed by atoms with Crippen molar-refractivity contribution in [3.8, 4) is 0 Å². The molecule has 1 amide bonds. The van der Waals surface area contributed by atoms with Gasteiger partial charge in [0.05, 0.1) is 6.61 Å². The van der Waals surface area contributed by atoms with E-state index in [9.17, 15) is 4.79 Å². The van der Waals surface area contributed by atoms with Gasteiger partial charge in [-0.15, -0.1) is 0 Å². The molecule has 4 nitrogen and oxygen atoms in total. The van der Waals surface area contributed by atoms with E-state index in [1.807, 2.05) is 7.05 Å². The molecule has 0 atom stereocenters. The van der Waals surface area contributed by atoms with E-state index in [1.54, 1.807) is 12.0 Å². The number of methoxy groups -OCH3 is 1. The van der Waals surface area contributed by atoms with Crippen LogP contribution in [0.1, 0.15) is 25.7 Å². The Morgan fingerprint density at radius 3 is 2.60 bits per heavy atom. The third-order valence-electron chi connectivity index (χ3n) is 3.43. The highest BCUT2D eigenvalue weighted by molar-refractivity contribution is 5.76. The molecule has 0 radical (unpaired) electrons. The van der Waals surface area contributed by atoms with Crippen molar-refractivity contribution in [3.63, 3.8) is 0 Å². The second-order valence-corrected chi connectivity index (χ2v) is 4.54. The number of nitrogens with zero attached hydrogens (tertiary/aromatic N) is 1. The SMILES string of the molecule is COCCN(C)C(=O)CC1(CN)CCC1. The Bertz CT molecular complexity index is 209. The minimum atomic E-state index is 0.110. The number of rotatable bonds is 6. The lowest BCUT2D eigenvalue weighted by Crippen LogP contribution is -2.42. The first kappa shape index (κ1) is 12.5. The van der Waals surface area contributed by atoms with E-state index in [4.69, 9.17) is 10.5 Å². The van der Waals surface area contributed by atoms with Gasteiger partial charge in [0, 0.05) is 27.1 Å². The van der Waals surface area contributed by atoms with Crippen LogP contribution in [-0.4, -0.2) is 44.7 Å². The summed E-state index contributed by atoms with van der Waals surface area (Å²) < 4.78 is 4.94. The molecule has 4 heteroatoms. The van der Waals surface area contributed by atoms with Crippen molar-refractivity contribution < 1.29 is 9.53 Å². The van der Waals surface area contributed by atoms with Gasteiger partial charge in [-0.25, -0.2) is 0 Å².